The van der Waals surface area contributed by atoms with Gasteiger partial charge in [0.25, 0.3) is 5.91 Å². The highest BCUT2D eigenvalue weighted by Crippen LogP contribution is 2.24. The molecule has 2 heterocycles. The Hall–Kier alpha value is -2.20. The van der Waals surface area contributed by atoms with Crippen LogP contribution in [0.1, 0.15) is 10.4 Å². The second-order valence-corrected chi connectivity index (χ2v) is 9.79. The number of rotatable bonds is 4. The van der Waals surface area contributed by atoms with Crippen molar-refractivity contribution in [1.29, 1.82) is 0 Å². The second kappa shape index (κ2) is 9.12. The van der Waals surface area contributed by atoms with Crippen molar-refractivity contribution in [1.82, 2.24) is 9.21 Å². The van der Waals surface area contributed by atoms with E-state index in [2.05, 4.69) is 4.90 Å². The molecular weight excluding hydrogens is 445 g/mol. The van der Waals surface area contributed by atoms with Crippen molar-refractivity contribution in [3.63, 3.8) is 0 Å². The van der Waals surface area contributed by atoms with Crippen LogP contribution in [0.4, 0.5) is 10.1 Å². The zero-order chi connectivity index (χ0) is 22.0. The lowest BCUT2D eigenvalue weighted by Crippen LogP contribution is -2.49. The molecule has 2 aromatic rings. The highest BCUT2D eigenvalue weighted by molar-refractivity contribution is 7.89. The standard InChI is InChI=1S/C21H23ClFN3O4S/c22-16-2-1-3-17(14-16)24-6-8-25(9-7-24)21(27)19-15-18(4-5-20(19)23)31(28,29)26-10-12-30-13-11-26/h1-5,14-15H,6-13H2. The largest absolute Gasteiger partial charge is 0.379 e. The third-order valence-electron chi connectivity index (χ3n) is 5.52. The molecule has 0 N–H and O–H groups in total. The van der Waals surface area contributed by atoms with Crippen LogP contribution >= 0.6 is 11.6 Å². The Balaban J connectivity index is 1.49. The van der Waals surface area contributed by atoms with Crippen LogP contribution in [0.25, 0.3) is 0 Å². The summed E-state index contributed by atoms with van der Waals surface area (Å²) < 4.78 is 46.7. The molecule has 4 rings (SSSR count). The first-order valence-electron chi connectivity index (χ1n) is 10.0. The van der Waals surface area contributed by atoms with Crippen LogP contribution in [0.2, 0.25) is 5.02 Å². The molecule has 2 aliphatic heterocycles. The molecule has 1 amide bonds. The number of carbonyl (C=O) groups is 1. The van der Waals surface area contributed by atoms with Crippen LogP contribution in [-0.4, -0.2) is 76.0 Å². The number of piperazine rings is 1. The van der Waals surface area contributed by atoms with Gasteiger partial charge in [-0.05, 0) is 36.4 Å². The first kappa shape index (κ1) is 22.0. The molecule has 2 aromatic carbocycles. The van der Waals surface area contributed by atoms with Crippen molar-refractivity contribution < 1.29 is 22.3 Å². The zero-order valence-electron chi connectivity index (χ0n) is 16.8. The third-order valence-corrected chi connectivity index (χ3v) is 7.65. The number of carbonyl (C=O) groups excluding carboxylic acids is 1. The number of amides is 1. The van der Waals surface area contributed by atoms with E-state index in [0.29, 0.717) is 44.4 Å². The maximum absolute atomic E-state index is 14.5. The molecule has 0 bridgehead atoms. The van der Waals surface area contributed by atoms with Gasteiger partial charge in [-0.2, -0.15) is 4.31 Å². The summed E-state index contributed by atoms with van der Waals surface area (Å²) in [6.45, 7) is 3.00. The van der Waals surface area contributed by atoms with Gasteiger partial charge in [0.05, 0.1) is 23.7 Å². The Morgan fingerprint density at radius 3 is 2.35 bits per heavy atom. The summed E-state index contributed by atoms with van der Waals surface area (Å²) in [4.78, 5) is 16.6. The second-order valence-electron chi connectivity index (χ2n) is 7.42. The van der Waals surface area contributed by atoms with Crippen molar-refractivity contribution in [2.24, 2.45) is 0 Å². The van der Waals surface area contributed by atoms with Crippen LogP contribution in [0.15, 0.2) is 47.4 Å². The van der Waals surface area contributed by atoms with Gasteiger partial charge in [0.1, 0.15) is 5.82 Å². The normalized spacial score (nSPS) is 18.3. The predicted octanol–water partition coefficient (Wildman–Crippen LogP) is 2.46. The number of anilines is 1. The van der Waals surface area contributed by atoms with Gasteiger partial charge in [-0.1, -0.05) is 17.7 Å². The van der Waals surface area contributed by atoms with Crippen LogP contribution < -0.4 is 4.90 Å². The number of nitrogens with zero attached hydrogens (tertiary/aromatic N) is 3. The maximum Gasteiger partial charge on any atom is 0.256 e. The number of morpholine rings is 1. The van der Waals surface area contributed by atoms with Gasteiger partial charge in [0, 0.05) is 50.0 Å². The summed E-state index contributed by atoms with van der Waals surface area (Å²) >= 11 is 6.06. The highest BCUT2D eigenvalue weighted by Gasteiger charge is 2.30. The topological polar surface area (TPSA) is 70.2 Å². The summed E-state index contributed by atoms with van der Waals surface area (Å²) in [5.41, 5.74) is 0.731. The van der Waals surface area contributed by atoms with Crippen LogP contribution in [0.3, 0.4) is 0 Å². The number of hydrogen-bond acceptors (Lipinski definition) is 5. The van der Waals surface area contributed by atoms with E-state index in [1.165, 1.54) is 10.4 Å². The maximum atomic E-state index is 14.5. The first-order valence-corrected chi connectivity index (χ1v) is 11.9. The molecule has 2 fully saturated rings. The Kier molecular flexibility index (Phi) is 6.47. The molecule has 0 atom stereocenters. The molecule has 10 heteroatoms. The quantitative estimate of drug-likeness (QED) is 0.691. The number of sulfonamides is 1. The Labute approximate surface area is 186 Å². The number of hydrogen-bond donors (Lipinski definition) is 0. The van der Waals surface area contributed by atoms with Crippen molar-refractivity contribution in [3.05, 3.63) is 58.9 Å². The van der Waals surface area contributed by atoms with Crippen LogP contribution in [-0.2, 0) is 14.8 Å². The van der Waals surface area contributed by atoms with Gasteiger partial charge >= 0.3 is 0 Å². The fourth-order valence-corrected chi connectivity index (χ4v) is 5.39. The summed E-state index contributed by atoms with van der Waals surface area (Å²) in [6, 6.07) is 10.9. The van der Waals surface area contributed by atoms with E-state index >= 15 is 0 Å². The van der Waals surface area contributed by atoms with Gasteiger partial charge in [-0.15, -0.1) is 0 Å². The van der Waals surface area contributed by atoms with E-state index in [9.17, 15) is 17.6 Å². The minimum atomic E-state index is -3.82. The van der Waals surface area contributed by atoms with Gasteiger partial charge < -0.3 is 14.5 Å². The van der Waals surface area contributed by atoms with Crippen molar-refractivity contribution in [2.75, 3.05) is 57.4 Å². The third kappa shape index (κ3) is 4.69. The van der Waals surface area contributed by atoms with E-state index in [4.69, 9.17) is 16.3 Å². The van der Waals surface area contributed by atoms with Crippen molar-refractivity contribution >= 4 is 33.2 Å². The highest BCUT2D eigenvalue weighted by atomic mass is 35.5. The molecule has 7 nitrogen and oxygen atoms in total. The molecule has 31 heavy (non-hydrogen) atoms. The van der Waals surface area contributed by atoms with Crippen LogP contribution in [0.5, 0.6) is 0 Å². The summed E-state index contributed by atoms with van der Waals surface area (Å²) in [7, 11) is -3.82. The first-order chi connectivity index (χ1) is 14.9. The average Bonchev–Trinajstić information content (AvgIpc) is 2.79. The SMILES string of the molecule is O=C(c1cc(S(=O)(=O)N2CCOCC2)ccc1F)N1CCN(c2cccc(Cl)c2)CC1. The van der Waals surface area contributed by atoms with Crippen molar-refractivity contribution in [2.45, 2.75) is 4.90 Å². The number of ether oxygens (including phenoxy) is 1. The molecule has 0 unspecified atom stereocenters. The molecule has 166 valence electrons. The van der Waals surface area contributed by atoms with E-state index in [-0.39, 0.29) is 23.5 Å². The summed E-state index contributed by atoms with van der Waals surface area (Å²) in [5.74, 6) is -1.24. The lowest BCUT2D eigenvalue weighted by atomic mass is 10.1. The number of halogens is 2. The smallest absolute Gasteiger partial charge is 0.256 e. The van der Waals surface area contributed by atoms with Gasteiger partial charge in [-0.3, -0.25) is 4.79 Å². The monoisotopic (exact) mass is 467 g/mol. The molecule has 2 saturated heterocycles. The lowest BCUT2D eigenvalue weighted by Gasteiger charge is -2.36. The fourth-order valence-electron chi connectivity index (χ4n) is 3.78. The van der Waals surface area contributed by atoms with Crippen molar-refractivity contribution in [3.8, 4) is 0 Å². The Morgan fingerprint density at radius 2 is 1.68 bits per heavy atom. The summed E-state index contributed by atoms with van der Waals surface area (Å²) in [6.07, 6.45) is 0. The molecule has 2 aliphatic rings. The van der Waals surface area contributed by atoms with E-state index in [1.807, 2.05) is 18.2 Å². The Morgan fingerprint density at radius 1 is 0.968 bits per heavy atom. The minimum absolute atomic E-state index is 0.0864. The van der Waals surface area contributed by atoms with Gasteiger partial charge in [0.2, 0.25) is 10.0 Å². The lowest BCUT2D eigenvalue weighted by molar-refractivity contribution is 0.0728. The van der Waals surface area contributed by atoms with Gasteiger partial charge in [-0.25, -0.2) is 12.8 Å². The predicted molar refractivity (Wildman–Crippen MR) is 116 cm³/mol. The van der Waals surface area contributed by atoms with Crippen LogP contribution in [0, 0.1) is 5.82 Å². The zero-order valence-corrected chi connectivity index (χ0v) is 18.4. The molecule has 0 spiro atoms. The van der Waals surface area contributed by atoms with Gasteiger partial charge in [0.15, 0.2) is 0 Å². The summed E-state index contributed by atoms with van der Waals surface area (Å²) in [5, 5.41) is 0.636. The molecule has 0 aromatic heterocycles. The Bertz CT molecular complexity index is 1070. The molecule has 0 radical (unpaired) electrons. The molecule has 0 aliphatic carbocycles. The fraction of sp³-hybridized carbons (Fsp3) is 0.381. The number of benzene rings is 2. The minimum Gasteiger partial charge on any atom is -0.379 e. The van der Waals surface area contributed by atoms with E-state index < -0.39 is 21.7 Å². The average molecular weight is 468 g/mol. The van der Waals surface area contributed by atoms with E-state index in [1.54, 1.807) is 11.0 Å². The molecule has 0 saturated carbocycles. The molecular formula is C21H23ClFN3O4S. The van der Waals surface area contributed by atoms with E-state index in [0.717, 1.165) is 17.8 Å².